The van der Waals surface area contributed by atoms with Crippen molar-refractivity contribution in [2.24, 2.45) is 0 Å². The second-order valence-corrected chi connectivity index (χ2v) is 8.16. The highest BCUT2D eigenvalue weighted by Gasteiger charge is 2.36. The summed E-state index contributed by atoms with van der Waals surface area (Å²) in [4.78, 5) is 49.6. The first-order valence-corrected chi connectivity index (χ1v) is 10.6. The lowest BCUT2D eigenvalue weighted by Gasteiger charge is -2.26. The topological polar surface area (TPSA) is 115 Å². The third-order valence-electron chi connectivity index (χ3n) is 5.52. The van der Waals surface area contributed by atoms with Gasteiger partial charge in [-0.15, -0.1) is 0 Å². The molecule has 3 aromatic rings. The van der Waals surface area contributed by atoms with E-state index >= 15 is 0 Å². The average molecular weight is 479 g/mol. The van der Waals surface area contributed by atoms with Crippen LogP contribution in [-0.4, -0.2) is 32.2 Å². The van der Waals surface area contributed by atoms with Crippen LogP contribution in [0.25, 0.3) is 11.8 Å². The molecule has 0 bridgehead atoms. The predicted octanol–water partition coefficient (Wildman–Crippen LogP) is 4.32. The molecule has 1 aromatic heterocycles. The van der Waals surface area contributed by atoms with E-state index in [4.69, 9.17) is 11.6 Å². The molecule has 1 aliphatic heterocycles. The number of aromatic nitrogens is 1. The highest BCUT2D eigenvalue weighted by molar-refractivity contribution is 6.32. The van der Waals surface area contributed by atoms with E-state index in [-0.39, 0.29) is 22.8 Å². The number of nitrogens with zero attached hydrogens (tertiary/aromatic N) is 3. The van der Waals surface area contributed by atoms with Gasteiger partial charge in [0.25, 0.3) is 17.5 Å². The zero-order valence-electron chi connectivity index (χ0n) is 18.2. The lowest BCUT2D eigenvalue weighted by Crippen LogP contribution is -2.53. The van der Waals surface area contributed by atoms with E-state index in [2.05, 4.69) is 5.32 Å². The van der Waals surface area contributed by atoms with Gasteiger partial charge in [0.15, 0.2) is 0 Å². The molecular formula is C24H19ClN4O5. The van der Waals surface area contributed by atoms with Gasteiger partial charge in [-0.1, -0.05) is 41.9 Å². The molecule has 0 atom stereocenters. The molecule has 2 aromatic carbocycles. The van der Waals surface area contributed by atoms with Crippen LogP contribution < -0.4 is 5.32 Å². The van der Waals surface area contributed by atoms with Crippen LogP contribution in [0.1, 0.15) is 22.5 Å². The first kappa shape index (κ1) is 22.9. The molecule has 0 aliphatic carbocycles. The zero-order valence-corrected chi connectivity index (χ0v) is 19.0. The van der Waals surface area contributed by atoms with E-state index in [0.717, 1.165) is 16.2 Å². The molecule has 0 spiro atoms. The minimum absolute atomic E-state index is 0.0175. The van der Waals surface area contributed by atoms with E-state index in [1.807, 2.05) is 6.07 Å². The third-order valence-corrected chi connectivity index (χ3v) is 5.84. The largest absolute Gasteiger partial charge is 0.331 e. The fourth-order valence-electron chi connectivity index (χ4n) is 3.87. The molecular weight excluding hydrogens is 460 g/mol. The van der Waals surface area contributed by atoms with E-state index in [0.29, 0.717) is 16.9 Å². The Labute approximate surface area is 199 Å². The number of hydrogen-bond acceptors (Lipinski definition) is 5. The second-order valence-electron chi connectivity index (χ2n) is 7.75. The number of nitro benzene ring substituents is 1. The summed E-state index contributed by atoms with van der Waals surface area (Å²) in [6.07, 6.45) is 1.42. The molecule has 4 rings (SSSR count). The highest BCUT2D eigenvalue weighted by atomic mass is 35.5. The van der Waals surface area contributed by atoms with E-state index in [1.165, 1.54) is 18.2 Å². The number of nitrogens with one attached hydrogen (secondary N) is 1. The smallest absolute Gasteiger partial charge is 0.318 e. The number of nitro groups is 1. The van der Waals surface area contributed by atoms with E-state index in [1.54, 1.807) is 54.8 Å². The van der Waals surface area contributed by atoms with Crippen LogP contribution in [0, 0.1) is 24.0 Å². The van der Waals surface area contributed by atoms with Crippen molar-refractivity contribution in [3.63, 3.8) is 0 Å². The van der Waals surface area contributed by atoms with Crippen molar-refractivity contribution >= 4 is 41.2 Å². The molecule has 9 nitrogen and oxygen atoms in total. The van der Waals surface area contributed by atoms with Crippen LogP contribution in [0.3, 0.4) is 0 Å². The summed E-state index contributed by atoms with van der Waals surface area (Å²) < 4.78 is 1.76. The molecule has 2 heterocycles. The van der Waals surface area contributed by atoms with Gasteiger partial charge < -0.3 is 4.57 Å². The Kier molecular flexibility index (Phi) is 6.04. The first-order valence-electron chi connectivity index (χ1n) is 10.2. The molecule has 10 heteroatoms. The zero-order chi connectivity index (χ0) is 24.6. The van der Waals surface area contributed by atoms with Gasteiger partial charge in [0.1, 0.15) is 10.6 Å². The Bertz CT molecular complexity index is 1380. The van der Waals surface area contributed by atoms with Crippen molar-refractivity contribution in [2.45, 2.75) is 20.4 Å². The number of imide groups is 2. The quantitative estimate of drug-likeness (QED) is 0.254. The van der Waals surface area contributed by atoms with Crippen LogP contribution in [0.5, 0.6) is 0 Å². The molecule has 1 aliphatic rings. The van der Waals surface area contributed by atoms with Crippen LogP contribution in [0.2, 0.25) is 5.02 Å². The number of rotatable bonds is 5. The monoisotopic (exact) mass is 478 g/mol. The van der Waals surface area contributed by atoms with Crippen molar-refractivity contribution in [2.75, 3.05) is 0 Å². The Morgan fingerprint density at radius 2 is 1.76 bits per heavy atom. The van der Waals surface area contributed by atoms with Crippen molar-refractivity contribution < 1.29 is 19.3 Å². The highest BCUT2D eigenvalue weighted by Crippen LogP contribution is 2.30. The molecule has 34 heavy (non-hydrogen) atoms. The summed E-state index contributed by atoms with van der Waals surface area (Å²) >= 11 is 5.93. The summed E-state index contributed by atoms with van der Waals surface area (Å²) in [6.45, 7) is 3.57. The maximum absolute atomic E-state index is 13.1. The van der Waals surface area contributed by atoms with E-state index in [9.17, 15) is 24.5 Å². The Balaban J connectivity index is 1.72. The average Bonchev–Trinajstić information content (AvgIpc) is 3.08. The summed E-state index contributed by atoms with van der Waals surface area (Å²) in [5.41, 5.74) is 2.76. The number of carbonyl (C=O) groups is 3. The van der Waals surface area contributed by atoms with Crippen molar-refractivity contribution in [1.82, 2.24) is 14.8 Å². The summed E-state index contributed by atoms with van der Waals surface area (Å²) in [5.74, 6) is -1.49. The molecule has 1 saturated heterocycles. The maximum atomic E-state index is 13.1. The second kappa shape index (κ2) is 8.95. The molecule has 172 valence electrons. The molecule has 1 fully saturated rings. The fraction of sp³-hybridized carbons (Fsp3) is 0.125. The number of urea groups is 1. The van der Waals surface area contributed by atoms with Gasteiger partial charge in [-0.2, -0.15) is 0 Å². The molecule has 0 unspecified atom stereocenters. The lowest BCUT2D eigenvalue weighted by atomic mass is 10.1. The summed E-state index contributed by atoms with van der Waals surface area (Å²) in [6, 6.07) is 14.4. The van der Waals surface area contributed by atoms with Gasteiger partial charge in [-0.05, 0) is 49.2 Å². The maximum Gasteiger partial charge on any atom is 0.331 e. The fourth-order valence-corrected chi connectivity index (χ4v) is 4.06. The Morgan fingerprint density at radius 1 is 1.06 bits per heavy atom. The molecule has 0 radical (unpaired) electrons. The molecule has 0 saturated carbocycles. The van der Waals surface area contributed by atoms with Crippen molar-refractivity contribution in [1.29, 1.82) is 0 Å². The van der Waals surface area contributed by atoms with Crippen LogP contribution in [0.15, 0.2) is 60.2 Å². The van der Waals surface area contributed by atoms with Gasteiger partial charge in [0.05, 0.1) is 17.2 Å². The summed E-state index contributed by atoms with van der Waals surface area (Å²) in [5, 5.41) is 13.5. The number of benzene rings is 2. The number of halogens is 1. The van der Waals surface area contributed by atoms with Gasteiger partial charge in [0.2, 0.25) is 0 Å². The minimum Gasteiger partial charge on any atom is -0.318 e. The Morgan fingerprint density at radius 3 is 2.44 bits per heavy atom. The van der Waals surface area contributed by atoms with Crippen LogP contribution in [0.4, 0.5) is 10.5 Å². The number of hydrogen-bond donors (Lipinski definition) is 1. The van der Waals surface area contributed by atoms with Gasteiger partial charge in [-0.3, -0.25) is 29.9 Å². The van der Waals surface area contributed by atoms with Crippen molar-refractivity contribution in [3.8, 4) is 5.69 Å². The van der Waals surface area contributed by atoms with Crippen molar-refractivity contribution in [3.05, 3.63) is 97.8 Å². The minimum atomic E-state index is -0.786. The number of aryl methyl sites for hydroxylation is 1. The van der Waals surface area contributed by atoms with Crippen LogP contribution >= 0.6 is 11.6 Å². The third kappa shape index (κ3) is 4.20. The number of amides is 4. The predicted molar refractivity (Wildman–Crippen MR) is 125 cm³/mol. The van der Waals surface area contributed by atoms with Gasteiger partial charge in [0, 0.05) is 17.5 Å². The SMILES string of the molecule is Cc1cc(/C=C2\C(=O)NC(=O)N(Cc3ccccc3)C2=O)c(C)n1-c1ccc(Cl)c([N+](=O)[O-])c1. The summed E-state index contributed by atoms with van der Waals surface area (Å²) in [7, 11) is 0. The Hall–Kier alpha value is -4.24. The van der Waals surface area contributed by atoms with Gasteiger partial charge in [-0.25, -0.2) is 4.79 Å². The standard InChI is InChI=1S/C24H19ClN4O5/c1-14-10-17(15(2)28(14)18-8-9-20(25)21(12-18)29(33)34)11-19-22(30)26-24(32)27(23(19)31)13-16-6-4-3-5-7-16/h3-12H,13H2,1-2H3,(H,26,30,32)/b19-11+. The lowest BCUT2D eigenvalue weighted by molar-refractivity contribution is -0.384. The first-order chi connectivity index (χ1) is 16.2. The van der Waals surface area contributed by atoms with Crippen LogP contribution in [-0.2, 0) is 16.1 Å². The number of carbonyl (C=O) groups excluding carboxylic acids is 3. The number of barbiturate groups is 1. The normalized spacial score (nSPS) is 15.1. The molecule has 1 N–H and O–H groups in total. The van der Waals surface area contributed by atoms with E-state index < -0.39 is 22.8 Å². The van der Waals surface area contributed by atoms with Gasteiger partial charge >= 0.3 is 6.03 Å². The molecule has 4 amide bonds.